The predicted octanol–water partition coefficient (Wildman–Crippen LogP) is 5.33. The molecule has 0 saturated heterocycles. The van der Waals surface area contributed by atoms with Gasteiger partial charge in [-0.05, 0) is 82.1 Å². The molecule has 3 aromatic carbocycles. The molecule has 1 heterocycles. The molecule has 182 valence electrons. The van der Waals surface area contributed by atoms with Gasteiger partial charge >= 0.3 is 0 Å². The summed E-state index contributed by atoms with van der Waals surface area (Å²) in [6, 6.07) is 22.4. The number of carbonyl (C=O) groups excluding carboxylic acids is 1. The van der Waals surface area contributed by atoms with E-state index in [4.69, 9.17) is 4.74 Å². The molecule has 0 spiro atoms. The molecule has 1 aromatic heterocycles. The van der Waals surface area contributed by atoms with Gasteiger partial charge in [-0.25, -0.2) is 0 Å². The SMILES string of the molecule is CC(=O)c1c(C)n(-c2ccc(C)cc2)c2ccc(OC[C@@H](O)CNCCc3ccccc3C)cc12. The molecule has 0 aliphatic heterocycles. The van der Waals surface area contributed by atoms with Gasteiger partial charge in [-0.2, -0.15) is 0 Å². The van der Waals surface area contributed by atoms with E-state index < -0.39 is 6.10 Å². The van der Waals surface area contributed by atoms with E-state index >= 15 is 0 Å². The molecule has 0 aliphatic rings. The van der Waals surface area contributed by atoms with Crippen molar-refractivity contribution >= 4 is 16.7 Å². The van der Waals surface area contributed by atoms with Gasteiger partial charge in [0.05, 0.1) is 5.52 Å². The first-order valence-electron chi connectivity index (χ1n) is 12.1. The standard InChI is InChI=1S/C30H34N2O3/c1-20-9-11-25(12-10-20)32-22(3)30(23(4)33)28-17-27(13-14-29(28)32)35-19-26(34)18-31-16-15-24-8-6-5-7-21(24)2/h5-14,17,26,31,34H,15-16,18-19H2,1-4H3/t26-/m0/s1. The molecule has 4 rings (SSSR count). The Morgan fingerprint density at radius 2 is 1.77 bits per heavy atom. The number of aromatic nitrogens is 1. The van der Waals surface area contributed by atoms with Crippen LogP contribution in [0.4, 0.5) is 0 Å². The number of benzene rings is 3. The van der Waals surface area contributed by atoms with Crippen LogP contribution in [0.2, 0.25) is 0 Å². The summed E-state index contributed by atoms with van der Waals surface area (Å²) in [7, 11) is 0. The highest BCUT2D eigenvalue weighted by Crippen LogP contribution is 2.32. The number of nitrogens with zero attached hydrogens (tertiary/aromatic N) is 1. The van der Waals surface area contributed by atoms with Crippen LogP contribution in [0.1, 0.15) is 39.7 Å². The van der Waals surface area contributed by atoms with Gasteiger partial charge in [-0.3, -0.25) is 4.79 Å². The van der Waals surface area contributed by atoms with Gasteiger partial charge in [0.1, 0.15) is 18.5 Å². The largest absolute Gasteiger partial charge is 0.491 e. The topological polar surface area (TPSA) is 63.5 Å². The highest BCUT2D eigenvalue weighted by Gasteiger charge is 2.19. The van der Waals surface area contributed by atoms with E-state index in [1.807, 2.05) is 31.2 Å². The van der Waals surface area contributed by atoms with E-state index in [1.165, 1.54) is 16.7 Å². The second kappa shape index (κ2) is 10.9. The lowest BCUT2D eigenvalue weighted by Crippen LogP contribution is -2.32. The van der Waals surface area contributed by atoms with Crippen molar-refractivity contribution in [1.82, 2.24) is 9.88 Å². The van der Waals surface area contributed by atoms with Crippen molar-refractivity contribution in [3.63, 3.8) is 0 Å². The number of hydrogen-bond donors (Lipinski definition) is 2. The minimum Gasteiger partial charge on any atom is -0.491 e. The lowest BCUT2D eigenvalue weighted by atomic mass is 10.1. The normalized spacial score (nSPS) is 12.1. The van der Waals surface area contributed by atoms with Crippen LogP contribution in [-0.2, 0) is 6.42 Å². The number of carbonyl (C=O) groups is 1. The van der Waals surface area contributed by atoms with Crippen LogP contribution in [0.5, 0.6) is 5.75 Å². The fourth-order valence-corrected chi connectivity index (χ4v) is 4.59. The van der Waals surface area contributed by atoms with Crippen LogP contribution in [0, 0.1) is 20.8 Å². The van der Waals surface area contributed by atoms with E-state index in [0.717, 1.165) is 35.2 Å². The molecule has 2 N–H and O–H groups in total. The first-order valence-corrected chi connectivity index (χ1v) is 12.1. The Balaban J connectivity index is 1.42. The number of rotatable bonds is 10. The third-order valence-corrected chi connectivity index (χ3v) is 6.47. The number of ether oxygens (including phenoxy) is 1. The Labute approximate surface area is 207 Å². The number of aryl methyl sites for hydroxylation is 2. The van der Waals surface area contributed by atoms with E-state index in [0.29, 0.717) is 17.9 Å². The molecule has 0 fully saturated rings. The average molecular weight is 471 g/mol. The predicted molar refractivity (Wildman–Crippen MR) is 142 cm³/mol. The average Bonchev–Trinajstić information content (AvgIpc) is 3.13. The minimum absolute atomic E-state index is 0.0217. The van der Waals surface area contributed by atoms with Gasteiger partial charge < -0.3 is 19.7 Å². The molecule has 0 bridgehead atoms. The Morgan fingerprint density at radius 3 is 2.49 bits per heavy atom. The summed E-state index contributed by atoms with van der Waals surface area (Å²) in [5.74, 6) is 0.661. The number of Topliss-reactive ketones (excluding diaryl/α,β-unsaturated/α-hetero) is 1. The lowest BCUT2D eigenvalue weighted by molar-refractivity contribution is 0.101. The lowest BCUT2D eigenvalue weighted by Gasteiger charge is -2.14. The zero-order chi connectivity index (χ0) is 24.9. The van der Waals surface area contributed by atoms with Crippen LogP contribution in [0.15, 0.2) is 66.7 Å². The van der Waals surface area contributed by atoms with Crippen molar-refractivity contribution in [2.75, 3.05) is 19.7 Å². The molecule has 0 saturated carbocycles. The van der Waals surface area contributed by atoms with Crippen LogP contribution in [0.25, 0.3) is 16.6 Å². The molecule has 0 radical (unpaired) electrons. The van der Waals surface area contributed by atoms with Crippen LogP contribution >= 0.6 is 0 Å². The van der Waals surface area contributed by atoms with E-state index in [1.54, 1.807) is 6.92 Å². The van der Waals surface area contributed by atoms with Crippen LogP contribution in [0.3, 0.4) is 0 Å². The Kier molecular flexibility index (Phi) is 7.69. The second-order valence-electron chi connectivity index (χ2n) is 9.21. The maximum atomic E-state index is 12.5. The van der Waals surface area contributed by atoms with Gasteiger partial charge in [0.25, 0.3) is 0 Å². The van der Waals surface area contributed by atoms with Gasteiger partial charge in [0, 0.05) is 28.9 Å². The Morgan fingerprint density at radius 1 is 1.03 bits per heavy atom. The molecule has 1 atom stereocenters. The van der Waals surface area contributed by atoms with Gasteiger partial charge in [0.15, 0.2) is 5.78 Å². The van der Waals surface area contributed by atoms with E-state index in [9.17, 15) is 9.90 Å². The molecule has 4 aromatic rings. The van der Waals surface area contributed by atoms with Crippen molar-refractivity contribution < 1.29 is 14.6 Å². The van der Waals surface area contributed by atoms with Crippen LogP contribution in [-0.4, -0.2) is 41.3 Å². The summed E-state index contributed by atoms with van der Waals surface area (Å²) in [6.07, 6.45) is 0.288. The number of nitrogens with one attached hydrogen (secondary N) is 1. The summed E-state index contributed by atoms with van der Waals surface area (Å²) in [4.78, 5) is 12.5. The second-order valence-corrected chi connectivity index (χ2v) is 9.21. The zero-order valence-corrected chi connectivity index (χ0v) is 21.0. The smallest absolute Gasteiger partial charge is 0.162 e. The summed E-state index contributed by atoms with van der Waals surface area (Å²) in [5.41, 5.74) is 7.37. The maximum Gasteiger partial charge on any atom is 0.162 e. The van der Waals surface area contributed by atoms with Crippen molar-refractivity contribution in [2.24, 2.45) is 0 Å². The highest BCUT2D eigenvalue weighted by molar-refractivity contribution is 6.09. The molecule has 0 unspecified atom stereocenters. The molecule has 0 amide bonds. The van der Waals surface area contributed by atoms with Gasteiger partial charge in [-0.1, -0.05) is 42.0 Å². The van der Waals surface area contributed by atoms with Crippen molar-refractivity contribution in [1.29, 1.82) is 0 Å². The fourth-order valence-electron chi connectivity index (χ4n) is 4.59. The molecule has 0 aliphatic carbocycles. The third kappa shape index (κ3) is 5.64. The summed E-state index contributed by atoms with van der Waals surface area (Å²) >= 11 is 0. The third-order valence-electron chi connectivity index (χ3n) is 6.47. The maximum absolute atomic E-state index is 12.5. The number of aliphatic hydroxyl groups is 1. The number of hydrogen-bond acceptors (Lipinski definition) is 4. The highest BCUT2D eigenvalue weighted by atomic mass is 16.5. The molecular formula is C30H34N2O3. The number of fused-ring (bicyclic) bond motifs is 1. The van der Waals surface area contributed by atoms with Crippen molar-refractivity contribution in [3.05, 3.63) is 94.7 Å². The fraction of sp³-hybridized carbons (Fsp3) is 0.300. The van der Waals surface area contributed by atoms with E-state index in [-0.39, 0.29) is 12.4 Å². The van der Waals surface area contributed by atoms with Crippen molar-refractivity contribution in [2.45, 2.75) is 40.2 Å². The number of aliphatic hydroxyl groups excluding tert-OH is 1. The molecule has 35 heavy (non-hydrogen) atoms. The minimum atomic E-state index is -0.631. The van der Waals surface area contributed by atoms with Crippen molar-refractivity contribution in [3.8, 4) is 11.4 Å². The monoisotopic (exact) mass is 470 g/mol. The van der Waals surface area contributed by atoms with Gasteiger partial charge in [-0.15, -0.1) is 0 Å². The summed E-state index contributed by atoms with van der Waals surface area (Å²) in [6.45, 7) is 9.17. The quantitative estimate of drug-likeness (QED) is 0.243. The molecular weight excluding hydrogens is 436 g/mol. The molecule has 5 heteroatoms. The first kappa shape index (κ1) is 24.7. The Hall–Kier alpha value is -3.41. The Bertz CT molecular complexity index is 1320. The summed E-state index contributed by atoms with van der Waals surface area (Å²) in [5, 5.41) is 14.6. The number of ketones is 1. The first-order chi connectivity index (χ1) is 16.8. The van der Waals surface area contributed by atoms with Crippen LogP contribution < -0.4 is 10.1 Å². The molecule has 5 nitrogen and oxygen atoms in total. The zero-order valence-electron chi connectivity index (χ0n) is 21.0. The van der Waals surface area contributed by atoms with E-state index in [2.05, 4.69) is 66.2 Å². The van der Waals surface area contributed by atoms with Gasteiger partial charge in [0.2, 0.25) is 0 Å². The summed E-state index contributed by atoms with van der Waals surface area (Å²) < 4.78 is 8.02.